The zero-order valence-corrected chi connectivity index (χ0v) is 11.6. The molecule has 0 saturated heterocycles. The van der Waals surface area contributed by atoms with E-state index in [-0.39, 0.29) is 5.75 Å². The molecule has 0 fully saturated rings. The number of aryl methyl sites for hydroxylation is 1. The van der Waals surface area contributed by atoms with Crippen molar-refractivity contribution in [1.82, 2.24) is 0 Å². The molecule has 0 aliphatic carbocycles. The molecule has 6 heteroatoms. The van der Waals surface area contributed by atoms with Crippen LogP contribution in [0.1, 0.15) is 18.9 Å². The summed E-state index contributed by atoms with van der Waals surface area (Å²) in [5.41, 5.74) is 8.51. The van der Waals surface area contributed by atoms with E-state index >= 15 is 0 Å². The van der Waals surface area contributed by atoms with E-state index in [1.165, 1.54) is 0 Å². The van der Waals surface area contributed by atoms with Gasteiger partial charge in [0.05, 0.1) is 5.75 Å². The minimum absolute atomic E-state index is 0.211. The van der Waals surface area contributed by atoms with E-state index in [2.05, 4.69) is 4.90 Å². The van der Waals surface area contributed by atoms with Crippen LogP contribution in [0.4, 0.5) is 11.4 Å². The van der Waals surface area contributed by atoms with Gasteiger partial charge in [0, 0.05) is 24.5 Å². The number of nitrogen functional groups attached to an aromatic ring is 1. The number of nitrogens with zero attached hydrogens (tertiary/aromatic N) is 1. The number of hydrogen-bond donors (Lipinski definition) is 2. The van der Waals surface area contributed by atoms with Gasteiger partial charge < -0.3 is 10.6 Å². The van der Waals surface area contributed by atoms with Crippen molar-refractivity contribution in [2.75, 3.05) is 29.5 Å². The number of benzene rings is 1. The zero-order chi connectivity index (χ0) is 13.8. The molecule has 0 aliphatic heterocycles. The summed E-state index contributed by atoms with van der Waals surface area (Å²) in [7, 11) is -3.87. The monoisotopic (exact) mass is 272 g/mol. The second kappa shape index (κ2) is 6.06. The molecule has 0 spiro atoms. The fourth-order valence-electron chi connectivity index (χ4n) is 1.76. The van der Waals surface area contributed by atoms with Crippen molar-refractivity contribution in [3.63, 3.8) is 0 Å². The first kappa shape index (κ1) is 14.8. The minimum Gasteiger partial charge on any atom is -0.399 e. The molecule has 1 aromatic carbocycles. The van der Waals surface area contributed by atoms with Crippen molar-refractivity contribution < 1.29 is 13.0 Å². The van der Waals surface area contributed by atoms with Crippen LogP contribution < -0.4 is 10.6 Å². The summed E-state index contributed by atoms with van der Waals surface area (Å²) >= 11 is 0. The average Bonchev–Trinajstić information content (AvgIpc) is 2.27. The van der Waals surface area contributed by atoms with Gasteiger partial charge in [-0.1, -0.05) is 0 Å². The molecule has 0 unspecified atom stereocenters. The second-order valence-electron chi connectivity index (χ2n) is 4.26. The molecule has 102 valence electrons. The first-order chi connectivity index (χ1) is 8.33. The van der Waals surface area contributed by atoms with Gasteiger partial charge in [0.2, 0.25) is 0 Å². The average molecular weight is 272 g/mol. The third-order valence-corrected chi connectivity index (χ3v) is 3.64. The van der Waals surface area contributed by atoms with Crippen molar-refractivity contribution in [3.05, 3.63) is 23.8 Å². The van der Waals surface area contributed by atoms with Gasteiger partial charge in [-0.25, -0.2) is 0 Å². The lowest BCUT2D eigenvalue weighted by Gasteiger charge is -2.23. The molecule has 1 aromatic rings. The Hall–Kier alpha value is -1.27. The maximum absolute atomic E-state index is 10.7. The third-order valence-electron chi connectivity index (χ3n) is 2.83. The van der Waals surface area contributed by atoms with Crippen LogP contribution in [-0.2, 0) is 10.1 Å². The predicted octanol–water partition coefficient (Wildman–Crippen LogP) is 1.68. The topological polar surface area (TPSA) is 83.6 Å². The first-order valence-corrected chi connectivity index (χ1v) is 7.50. The molecule has 3 N–H and O–H groups in total. The molecule has 0 atom stereocenters. The zero-order valence-electron chi connectivity index (χ0n) is 10.8. The number of anilines is 2. The summed E-state index contributed by atoms with van der Waals surface area (Å²) in [6, 6.07) is 5.74. The molecule has 0 heterocycles. The largest absolute Gasteiger partial charge is 0.399 e. The molecular weight excluding hydrogens is 252 g/mol. The first-order valence-electron chi connectivity index (χ1n) is 5.89. The molecule has 1 rings (SSSR count). The van der Waals surface area contributed by atoms with E-state index in [1.807, 2.05) is 32.0 Å². The summed E-state index contributed by atoms with van der Waals surface area (Å²) in [6.07, 6.45) is 0.399. The van der Waals surface area contributed by atoms with E-state index in [9.17, 15) is 8.42 Å². The molecule has 5 nitrogen and oxygen atoms in total. The number of rotatable bonds is 6. The van der Waals surface area contributed by atoms with Crippen LogP contribution in [0.2, 0.25) is 0 Å². The van der Waals surface area contributed by atoms with Crippen molar-refractivity contribution in [2.45, 2.75) is 20.3 Å². The highest BCUT2D eigenvalue weighted by Gasteiger charge is 2.09. The van der Waals surface area contributed by atoms with Crippen molar-refractivity contribution >= 4 is 21.5 Å². The van der Waals surface area contributed by atoms with Crippen molar-refractivity contribution in [2.24, 2.45) is 0 Å². The maximum atomic E-state index is 10.7. The quantitative estimate of drug-likeness (QED) is 0.608. The normalized spacial score (nSPS) is 11.5. The second-order valence-corrected chi connectivity index (χ2v) is 5.83. The van der Waals surface area contributed by atoms with E-state index in [0.29, 0.717) is 13.0 Å². The minimum atomic E-state index is -3.87. The Morgan fingerprint density at radius 2 is 2.06 bits per heavy atom. The lowest BCUT2D eigenvalue weighted by molar-refractivity contribution is 0.481. The van der Waals surface area contributed by atoms with Gasteiger partial charge in [0.15, 0.2) is 0 Å². The fraction of sp³-hybridized carbons (Fsp3) is 0.500. The van der Waals surface area contributed by atoms with Crippen LogP contribution in [0, 0.1) is 6.92 Å². The Kier molecular flexibility index (Phi) is 4.98. The van der Waals surface area contributed by atoms with Crippen molar-refractivity contribution in [1.29, 1.82) is 0 Å². The van der Waals surface area contributed by atoms with Gasteiger partial charge in [0.25, 0.3) is 10.1 Å². The molecule has 18 heavy (non-hydrogen) atoms. The molecule has 0 aliphatic rings. The molecule has 0 bridgehead atoms. The molecule has 0 amide bonds. The Balaban J connectivity index is 2.68. The van der Waals surface area contributed by atoms with Crippen molar-refractivity contribution in [3.8, 4) is 0 Å². The molecular formula is C12H20N2O3S. The van der Waals surface area contributed by atoms with Gasteiger partial charge in [-0.05, 0) is 44.0 Å². The summed E-state index contributed by atoms with van der Waals surface area (Å²) in [5.74, 6) is -0.211. The van der Waals surface area contributed by atoms with Crippen LogP contribution in [0.15, 0.2) is 18.2 Å². The molecule has 0 radical (unpaired) electrons. The summed E-state index contributed by atoms with van der Waals surface area (Å²) in [6.45, 7) is 5.29. The molecule has 0 aromatic heterocycles. The van der Waals surface area contributed by atoms with E-state index in [0.717, 1.165) is 23.5 Å². The summed E-state index contributed by atoms with van der Waals surface area (Å²) < 4.78 is 30.0. The summed E-state index contributed by atoms with van der Waals surface area (Å²) in [5, 5.41) is 0. The highest BCUT2D eigenvalue weighted by atomic mass is 32.2. The Morgan fingerprint density at radius 1 is 1.39 bits per heavy atom. The van der Waals surface area contributed by atoms with Crippen LogP contribution in [0.25, 0.3) is 0 Å². The predicted molar refractivity (Wildman–Crippen MR) is 74.5 cm³/mol. The highest BCUT2D eigenvalue weighted by molar-refractivity contribution is 7.85. The van der Waals surface area contributed by atoms with Crippen LogP contribution in [0.3, 0.4) is 0 Å². The standard InChI is InChI=1S/C12H20N2O3S/c1-3-14(7-4-8-18(15,16)17)11-5-6-12(13)10(2)9-11/h5-6,9H,3-4,7-8,13H2,1-2H3,(H,15,16,17). The SMILES string of the molecule is CCN(CCCS(=O)(=O)O)c1ccc(N)c(C)c1. The Labute approximate surface area is 108 Å². The van der Waals surface area contributed by atoms with E-state index < -0.39 is 10.1 Å². The van der Waals surface area contributed by atoms with Gasteiger partial charge in [-0.3, -0.25) is 4.55 Å². The smallest absolute Gasteiger partial charge is 0.264 e. The maximum Gasteiger partial charge on any atom is 0.264 e. The van der Waals surface area contributed by atoms with Gasteiger partial charge >= 0.3 is 0 Å². The lowest BCUT2D eigenvalue weighted by atomic mass is 10.1. The van der Waals surface area contributed by atoms with E-state index in [4.69, 9.17) is 10.3 Å². The van der Waals surface area contributed by atoms with Crippen LogP contribution in [0.5, 0.6) is 0 Å². The molecule has 0 saturated carbocycles. The van der Waals surface area contributed by atoms with Crippen LogP contribution in [-0.4, -0.2) is 31.8 Å². The van der Waals surface area contributed by atoms with Gasteiger partial charge in [-0.15, -0.1) is 0 Å². The lowest BCUT2D eigenvalue weighted by Crippen LogP contribution is -2.25. The third kappa shape index (κ3) is 4.54. The fourth-order valence-corrected chi connectivity index (χ4v) is 2.26. The summed E-state index contributed by atoms with van der Waals surface area (Å²) in [4.78, 5) is 2.05. The van der Waals surface area contributed by atoms with Gasteiger partial charge in [-0.2, -0.15) is 8.42 Å². The number of nitrogens with two attached hydrogens (primary N) is 1. The Morgan fingerprint density at radius 3 is 2.56 bits per heavy atom. The highest BCUT2D eigenvalue weighted by Crippen LogP contribution is 2.20. The van der Waals surface area contributed by atoms with Crippen LogP contribution >= 0.6 is 0 Å². The Bertz CT molecular complexity index is 500. The van der Waals surface area contributed by atoms with E-state index in [1.54, 1.807) is 0 Å². The number of hydrogen-bond acceptors (Lipinski definition) is 4. The van der Waals surface area contributed by atoms with Gasteiger partial charge in [0.1, 0.15) is 0 Å².